The van der Waals surface area contributed by atoms with Crippen LogP contribution >= 0.6 is 0 Å². The molecule has 0 spiro atoms. The lowest BCUT2D eigenvalue weighted by Crippen LogP contribution is -2.55. The Morgan fingerprint density at radius 1 is 1.21 bits per heavy atom. The number of halogens is 1. The Bertz CT molecular complexity index is 530. The molecule has 19 heavy (non-hydrogen) atoms. The van der Waals surface area contributed by atoms with E-state index in [0.29, 0.717) is 0 Å². The van der Waals surface area contributed by atoms with Crippen molar-refractivity contribution in [1.82, 2.24) is 4.90 Å². The fourth-order valence-corrected chi connectivity index (χ4v) is 2.62. The number of hydrogen-bond acceptors (Lipinski definition) is 2. The number of carboxylic acids is 1. The van der Waals surface area contributed by atoms with E-state index in [1.165, 1.54) is 12.1 Å². The van der Waals surface area contributed by atoms with Crippen molar-refractivity contribution in [2.75, 3.05) is 13.1 Å². The number of aliphatic carboxylic acids is 1. The average molecular weight is 263 g/mol. The van der Waals surface area contributed by atoms with Gasteiger partial charge in [-0.25, -0.2) is 4.39 Å². The largest absolute Gasteiger partial charge is 0.481 e. The van der Waals surface area contributed by atoms with Crippen molar-refractivity contribution in [1.29, 1.82) is 0 Å². The van der Waals surface area contributed by atoms with Crippen LogP contribution in [0.3, 0.4) is 0 Å². The zero-order valence-electron chi connectivity index (χ0n) is 10.3. The minimum atomic E-state index is -0.851. The maximum atomic E-state index is 12.9. The van der Waals surface area contributed by atoms with Gasteiger partial charge in [-0.2, -0.15) is 0 Å². The first kappa shape index (κ1) is 12.1. The highest BCUT2D eigenvalue weighted by molar-refractivity contribution is 5.92. The standard InChI is InChI=1S/C14H14FNO3/c15-11-3-1-10(2-4-11)14(5-6-14)13(19)16-7-9(8-16)12(17)18/h1-4,9H,5-8H2,(H,17,18). The van der Waals surface area contributed by atoms with Crippen molar-refractivity contribution in [2.45, 2.75) is 18.3 Å². The van der Waals surface area contributed by atoms with Crippen molar-refractivity contribution < 1.29 is 19.1 Å². The van der Waals surface area contributed by atoms with Crippen molar-refractivity contribution in [3.05, 3.63) is 35.6 Å². The van der Waals surface area contributed by atoms with Crippen LogP contribution in [0.15, 0.2) is 24.3 Å². The lowest BCUT2D eigenvalue weighted by molar-refractivity contribution is -0.153. The molecule has 1 saturated carbocycles. The van der Waals surface area contributed by atoms with Crippen LogP contribution in [-0.4, -0.2) is 35.0 Å². The van der Waals surface area contributed by atoms with Gasteiger partial charge in [0.05, 0.1) is 11.3 Å². The van der Waals surface area contributed by atoms with Gasteiger partial charge in [0.25, 0.3) is 0 Å². The molecule has 5 heteroatoms. The molecule has 0 unspecified atom stereocenters. The van der Waals surface area contributed by atoms with E-state index in [-0.39, 0.29) is 24.8 Å². The van der Waals surface area contributed by atoms with Gasteiger partial charge in [-0.3, -0.25) is 9.59 Å². The number of hydrogen-bond donors (Lipinski definition) is 1. The van der Waals surface area contributed by atoms with Crippen LogP contribution in [0.4, 0.5) is 4.39 Å². The van der Waals surface area contributed by atoms with Crippen molar-refractivity contribution in [3.63, 3.8) is 0 Å². The Balaban J connectivity index is 1.74. The van der Waals surface area contributed by atoms with Crippen LogP contribution < -0.4 is 0 Å². The predicted molar refractivity (Wildman–Crippen MR) is 65.0 cm³/mol. The van der Waals surface area contributed by atoms with Crippen molar-refractivity contribution in [2.24, 2.45) is 5.92 Å². The maximum Gasteiger partial charge on any atom is 0.310 e. The molecule has 3 rings (SSSR count). The predicted octanol–water partition coefficient (Wildman–Crippen LogP) is 1.40. The first-order valence-electron chi connectivity index (χ1n) is 6.31. The van der Waals surface area contributed by atoms with E-state index in [1.54, 1.807) is 17.0 Å². The molecule has 1 saturated heterocycles. The molecule has 2 aliphatic rings. The second-order valence-corrected chi connectivity index (χ2v) is 5.33. The Morgan fingerprint density at radius 3 is 2.26 bits per heavy atom. The molecule has 0 radical (unpaired) electrons. The maximum absolute atomic E-state index is 12.9. The van der Waals surface area contributed by atoms with E-state index in [2.05, 4.69) is 0 Å². The second kappa shape index (κ2) is 4.05. The van der Waals surface area contributed by atoms with Crippen LogP contribution in [0.2, 0.25) is 0 Å². The summed E-state index contributed by atoms with van der Waals surface area (Å²) in [6.45, 7) is 0.578. The summed E-state index contributed by atoms with van der Waals surface area (Å²) >= 11 is 0. The zero-order valence-corrected chi connectivity index (χ0v) is 10.3. The third kappa shape index (κ3) is 1.89. The monoisotopic (exact) mass is 263 g/mol. The van der Waals surface area contributed by atoms with Crippen LogP contribution in [0.1, 0.15) is 18.4 Å². The Hall–Kier alpha value is -1.91. The van der Waals surface area contributed by atoms with Crippen LogP contribution in [0.5, 0.6) is 0 Å². The number of nitrogens with zero attached hydrogens (tertiary/aromatic N) is 1. The fourth-order valence-electron chi connectivity index (χ4n) is 2.62. The van der Waals surface area contributed by atoms with E-state index in [1.807, 2.05) is 0 Å². The summed E-state index contributed by atoms with van der Waals surface area (Å²) in [6.07, 6.45) is 1.51. The van der Waals surface area contributed by atoms with Gasteiger partial charge in [0.15, 0.2) is 0 Å². The van der Waals surface area contributed by atoms with Crippen LogP contribution in [0, 0.1) is 11.7 Å². The molecule has 1 N–H and O–H groups in total. The van der Waals surface area contributed by atoms with Crippen LogP contribution in [-0.2, 0) is 15.0 Å². The molecule has 100 valence electrons. The molecule has 1 aromatic rings. The van der Waals surface area contributed by atoms with Gasteiger partial charge >= 0.3 is 5.97 Å². The average Bonchev–Trinajstić information content (AvgIpc) is 3.08. The second-order valence-electron chi connectivity index (χ2n) is 5.33. The fraction of sp³-hybridized carbons (Fsp3) is 0.429. The van der Waals surface area contributed by atoms with Gasteiger partial charge in [0, 0.05) is 13.1 Å². The molecule has 0 bridgehead atoms. The SMILES string of the molecule is O=C(O)C1CN(C(=O)C2(c3ccc(F)cc3)CC2)C1. The lowest BCUT2D eigenvalue weighted by atomic mass is 9.90. The Morgan fingerprint density at radius 2 is 1.79 bits per heavy atom. The molecule has 1 heterocycles. The summed E-state index contributed by atoms with van der Waals surface area (Å²) in [5, 5.41) is 8.82. The van der Waals surface area contributed by atoms with Gasteiger partial charge in [0.1, 0.15) is 5.82 Å². The number of carbonyl (C=O) groups is 2. The Kier molecular flexibility index (Phi) is 2.59. The molecule has 0 atom stereocenters. The number of amides is 1. The van der Waals surface area contributed by atoms with Gasteiger partial charge in [0.2, 0.25) is 5.91 Å². The molecule has 1 aliphatic carbocycles. The van der Waals surface area contributed by atoms with Gasteiger partial charge in [-0.1, -0.05) is 12.1 Å². The quantitative estimate of drug-likeness (QED) is 0.896. The van der Waals surface area contributed by atoms with Gasteiger partial charge < -0.3 is 10.0 Å². The van der Waals surface area contributed by atoms with Crippen LogP contribution in [0.25, 0.3) is 0 Å². The van der Waals surface area contributed by atoms with E-state index >= 15 is 0 Å². The number of benzene rings is 1. The van der Waals surface area contributed by atoms with Gasteiger partial charge in [-0.05, 0) is 30.5 Å². The van der Waals surface area contributed by atoms with Crippen molar-refractivity contribution >= 4 is 11.9 Å². The topological polar surface area (TPSA) is 57.6 Å². The minimum absolute atomic E-state index is 0.0170. The molecule has 1 amide bonds. The van der Waals surface area contributed by atoms with E-state index in [9.17, 15) is 14.0 Å². The highest BCUT2D eigenvalue weighted by atomic mass is 19.1. The van der Waals surface area contributed by atoms with E-state index in [0.717, 1.165) is 18.4 Å². The lowest BCUT2D eigenvalue weighted by Gasteiger charge is -2.39. The molecule has 4 nitrogen and oxygen atoms in total. The van der Waals surface area contributed by atoms with Gasteiger partial charge in [-0.15, -0.1) is 0 Å². The summed E-state index contributed by atoms with van der Waals surface area (Å²) < 4.78 is 12.9. The molecule has 2 fully saturated rings. The number of carbonyl (C=O) groups excluding carboxylic acids is 1. The number of likely N-dealkylation sites (tertiary alicyclic amines) is 1. The summed E-state index contributed by atoms with van der Waals surface area (Å²) in [6, 6.07) is 6.01. The summed E-state index contributed by atoms with van der Waals surface area (Å²) in [5.74, 6) is -1.62. The molecule has 1 aromatic carbocycles. The zero-order chi connectivity index (χ0) is 13.6. The molecular weight excluding hydrogens is 249 g/mol. The van der Waals surface area contributed by atoms with E-state index in [4.69, 9.17) is 5.11 Å². The summed E-state index contributed by atoms with van der Waals surface area (Å²) in [4.78, 5) is 24.7. The Labute approximate surface area is 109 Å². The highest BCUT2D eigenvalue weighted by Gasteiger charge is 2.55. The third-order valence-corrected chi connectivity index (χ3v) is 4.07. The van der Waals surface area contributed by atoms with Crippen molar-refractivity contribution in [3.8, 4) is 0 Å². The highest BCUT2D eigenvalue weighted by Crippen LogP contribution is 2.50. The third-order valence-electron chi connectivity index (χ3n) is 4.07. The minimum Gasteiger partial charge on any atom is -0.481 e. The number of rotatable bonds is 3. The molecular formula is C14H14FNO3. The van der Waals surface area contributed by atoms with E-state index < -0.39 is 17.3 Å². The molecule has 0 aromatic heterocycles. The summed E-state index contributed by atoms with van der Waals surface area (Å²) in [5.41, 5.74) is 0.301. The normalized spacial score (nSPS) is 20.8. The first-order chi connectivity index (χ1) is 9.03. The smallest absolute Gasteiger partial charge is 0.310 e. The first-order valence-corrected chi connectivity index (χ1v) is 6.31. The number of carboxylic acid groups (broad SMARTS) is 1. The molecule has 1 aliphatic heterocycles. The summed E-state index contributed by atoms with van der Waals surface area (Å²) in [7, 11) is 0.